The van der Waals surface area contributed by atoms with Gasteiger partial charge in [0, 0.05) is 49.6 Å². The van der Waals surface area contributed by atoms with Crippen molar-refractivity contribution in [3.05, 3.63) is 83.8 Å². The zero-order valence-electron chi connectivity index (χ0n) is 33.0. The fraction of sp³-hybridized carbons (Fsp3) is 0.558. The van der Waals surface area contributed by atoms with E-state index < -0.39 is 0 Å². The summed E-state index contributed by atoms with van der Waals surface area (Å²) in [6.45, 7) is 15.1. The number of amides is 2. The smallest absolute Gasteiger partial charge is 0.320 e. The first-order chi connectivity index (χ1) is 25.9. The predicted molar refractivity (Wildman–Crippen MR) is 217 cm³/mol. The number of nitrogens with zero attached hydrogens (tertiary/aromatic N) is 4. The Morgan fingerprint density at radius 2 is 1.74 bits per heavy atom. The Bertz CT molecular complexity index is 1680. The summed E-state index contributed by atoms with van der Waals surface area (Å²) in [4.78, 5) is 25.5. The average Bonchev–Trinajstić information content (AvgIpc) is 3.66. The molecule has 3 aliphatic heterocycles. The predicted octanol–water partition coefficient (Wildman–Crippen LogP) is 7.76. The number of rotatable bonds is 12. The number of carbonyl (C=O) groups excluding carboxylic acids is 1. The molecule has 2 amide bonds. The Labute approximate surface area is 322 Å². The van der Waals surface area contributed by atoms with E-state index in [4.69, 9.17) is 25.6 Å². The lowest BCUT2D eigenvalue weighted by atomic mass is 9.85. The van der Waals surface area contributed by atoms with Gasteiger partial charge in [0.15, 0.2) is 0 Å². The molecule has 5 N–H and O–H groups in total. The summed E-state index contributed by atoms with van der Waals surface area (Å²) in [7, 11) is 0. The highest BCUT2D eigenvalue weighted by atomic mass is 16.5. The van der Waals surface area contributed by atoms with Gasteiger partial charge in [0.1, 0.15) is 36.3 Å². The first kappa shape index (κ1) is 39.5. The zero-order valence-corrected chi connectivity index (χ0v) is 33.0. The van der Waals surface area contributed by atoms with Crippen LogP contribution in [0.4, 0.5) is 10.5 Å². The summed E-state index contributed by atoms with van der Waals surface area (Å²) in [6.07, 6.45) is 13.6. The second-order valence-electron chi connectivity index (χ2n) is 16.4. The van der Waals surface area contributed by atoms with Crippen LogP contribution in [0, 0.1) is 10.8 Å². The Hall–Kier alpha value is -4.19. The number of likely N-dealkylation sites (tertiary alicyclic amines) is 2. The van der Waals surface area contributed by atoms with Crippen LogP contribution in [0.5, 0.6) is 5.75 Å². The van der Waals surface area contributed by atoms with Gasteiger partial charge >= 0.3 is 6.03 Å². The Kier molecular flexibility index (Phi) is 13.1. The summed E-state index contributed by atoms with van der Waals surface area (Å²) < 4.78 is 12.7. The molecule has 2 aromatic rings. The van der Waals surface area contributed by atoms with Gasteiger partial charge in [-0.25, -0.2) is 9.79 Å². The van der Waals surface area contributed by atoms with Crippen LogP contribution in [0.15, 0.2) is 77.6 Å². The Morgan fingerprint density at radius 1 is 1.00 bits per heavy atom. The highest BCUT2D eigenvalue weighted by molar-refractivity contribution is 6.09. The summed E-state index contributed by atoms with van der Waals surface area (Å²) in [5.74, 6) is 1.95. The number of aliphatic imine (C=N–C) groups is 1. The molecule has 11 nitrogen and oxygen atoms in total. The molecule has 4 aliphatic rings. The molecule has 0 radical (unpaired) electrons. The van der Waals surface area contributed by atoms with Crippen LogP contribution < -0.4 is 21.1 Å². The molecular formula is C43H62N8O3. The number of carbonyl (C=O) groups is 1. The van der Waals surface area contributed by atoms with E-state index in [-0.39, 0.29) is 36.3 Å². The molecule has 5 atom stereocenters. The minimum Gasteiger partial charge on any atom is -0.492 e. The molecule has 6 rings (SSSR count). The molecule has 5 unspecified atom stereocenters. The van der Waals surface area contributed by atoms with Crippen LogP contribution in [-0.4, -0.2) is 83.4 Å². The first-order valence-electron chi connectivity index (χ1n) is 20.1. The Morgan fingerprint density at radius 3 is 2.48 bits per heavy atom. The van der Waals surface area contributed by atoms with Gasteiger partial charge in [0.05, 0.1) is 11.7 Å². The van der Waals surface area contributed by atoms with Gasteiger partial charge < -0.3 is 25.1 Å². The van der Waals surface area contributed by atoms with Crippen LogP contribution in [0.25, 0.3) is 0 Å². The molecule has 54 heavy (non-hydrogen) atoms. The standard InChI is InChI=1S/C43H62N8O3/c1-30-13-10-14-31(2)51(30)41(45)50-24-12-17-34(29-50)54-38-21-20-37(35-18-6-7-19-36(35)38)47-42(52)48-40(28-39(44)43(3,4)5)46-32-15-11-16-33(27-32)53-26-25-49-22-8-9-23-49/h6-7,11-12,15-19,27,29-31,37-38,41,44H,8-10,13-14,20-26,28,45H2,1-5H3,(H2,46,47,48,52). The van der Waals surface area contributed by atoms with Gasteiger partial charge in [-0.2, -0.15) is 0 Å². The number of nitrogens with one attached hydrogen (secondary N) is 3. The highest BCUT2D eigenvalue weighted by Gasteiger charge is 2.33. The van der Waals surface area contributed by atoms with E-state index in [9.17, 15) is 4.79 Å². The maximum absolute atomic E-state index is 13.7. The van der Waals surface area contributed by atoms with E-state index >= 15 is 0 Å². The molecule has 2 saturated heterocycles. The van der Waals surface area contributed by atoms with Gasteiger partial charge in [-0.1, -0.05) is 63.6 Å². The molecule has 292 valence electrons. The maximum Gasteiger partial charge on any atom is 0.320 e. The molecule has 0 bridgehead atoms. The Balaban J connectivity index is 1.11. The number of nitrogens with two attached hydrogens (primary N) is 1. The molecular weight excluding hydrogens is 677 g/mol. The zero-order chi connectivity index (χ0) is 38.2. The fourth-order valence-electron chi connectivity index (χ4n) is 8.09. The van der Waals surface area contributed by atoms with Crippen LogP contribution in [0.2, 0.25) is 0 Å². The molecule has 0 saturated carbocycles. The van der Waals surface area contributed by atoms with Gasteiger partial charge in [-0.05, 0) is 100 Å². The largest absolute Gasteiger partial charge is 0.492 e. The molecule has 2 aromatic carbocycles. The second-order valence-corrected chi connectivity index (χ2v) is 16.4. The van der Waals surface area contributed by atoms with Crippen molar-refractivity contribution in [1.29, 1.82) is 5.41 Å². The molecule has 1 aliphatic carbocycles. The average molecular weight is 739 g/mol. The van der Waals surface area contributed by atoms with E-state index in [1.807, 2.05) is 63.2 Å². The third-order valence-electron chi connectivity index (χ3n) is 11.3. The summed E-state index contributed by atoms with van der Waals surface area (Å²) in [5.41, 5.74) is 9.73. The SMILES string of the molecule is CC1CCCC(C)N1C(N)N1C=C(OC2CCC(NC(=O)NC(CC(=N)C(C)(C)C)=Nc3cccc(OCCN4CCCC4)c3)c3ccccc32)C=CC1. The summed E-state index contributed by atoms with van der Waals surface area (Å²) in [5, 5.41) is 15.0. The summed E-state index contributed by atoms with van der Waals surface area (Å²) in [6, 6.07) is 16.1. The van der Waals surface area contributed by atoms with E-state index in [0.29, 0.717) is 42.3 Å². The van der Waals surface area contributed by atoms with Crippen molar-refractivity contribution in [3.8, 4) is 5.75 Å². The minimum atomic E-state index is -0.369. The number of fused-ring (bicyclic) bond motifs is 1. The van der Waals surface area contributed by atoms with Gasteiger partial charge in [0.25, 0.3) is 0 Å². The normalized spacial score (nSPS) is 24.4. The van der Waals surface area contributed by atoms with Crippen LogP contribution >= 0.6 is 0 Å². The van der Waals surface area contributed by atoms with E-state index in [2.05, 4.69) is 63.6 Å². The van der Waals surface area contributed by atoms with Gasteiger partial charge in [-0.15, -0.1) is 0 Å². The van der Waals surface area contributed by atoms with Crippen molar-refractivity contribution in [2.75, 3.05) is 32.8 Å². The van der Waals surface area contributed by atoms with E-state index in [0.717, 1.165) is 68.1 Å². The van der Waals surface area contributed by atoms with Crippen LogP contribution in [0.1, 0.15) is 109 Å². The quantitative estimate of drug-likeness (QED) is 0.129. The first-order valence-corrected chi connectivity index (χ1v) is 20.1. The van der Waals surface area contributed by atoms with Crippen molar-refractivity contribution < 1.29 is 14.3 Å². The number of ether oxygens (including phenoxy) is 2. The molecule has 0 aromatic heterocycles. The third-order valence-corrected chi connectivity index (χ3v) is 11.3. The lowest BCUT2D eigenvalue weighted by Crippen LogP contribution is -2.60. The highest BCUT2D eigenvalue weighted by Crippen LogP contribution is 2.40. The van der Waals surface area contributed by atoms with Crippen LogP contribution in [0.3, 0.4) is 0 Å². The van der Waals surface area contributed by atoms with Gasteiger partial charge in [-0.3, -0.25) is 20.9 Å². The van der Waals surface area contributed by atoms with Crippen molar-refractivity contribution >= 4 is 23.3 Å². The maximum atomic E-state index is 13.7. The monoisotopic (exact) mass is 738 g/mol. The van der Waals surface area contributed by atoms with Crippen LogP contribution in [-0.2, 0) is 4.74 Å². The number of amidine groups is 1. The third kappa shape index (κ3) is 10.3. The van der Waals surface area contributed by atoms with Crippen molar-refractivity contribution in [2.24, 2.45) is 16.1 Å². The lowest BCUT2D eigenvalue weighted by molar-refractivity contribution is -0.00820. The van der Waals surface area contributed by atoms with E-state index in [1.165, 1.54) is 19.3 Å². The number of piperidine rings is 1. The second kappa shape index (κ2) is 18.0. The molecule has 2 fully saturated rings. The molecule has 11 heteroatoms. The van der Waals surface area contributed by atoms with Gasteiger partial charge in [0.2, 0.25) is 0 Å². The fourth-order valence-corrected chi connectivity index (χ4v) is 8.09. The molecule has 3 heterocycles. The van der Waals surface area contributed by atoms with Crippen molar-refractivity contribution in [1.82, 2.24) is 25.3 Å². The lowest BCUT2D eigenvalue weighted by Gasteiger charge is -2.46. The van der Waals surface area contributed by atoms with E-state index in [1.54, 1.807) is 0 Å². The number of hydrogen-bond acceptors (Lipinski definition) is 9. The summed E-state index contributed by atoms with van der Waals surface area (Å²) >= 11 is 0. The van der Waals surface area contributed by atoms with Crippen molar-refractivity contribution in [3.63, 3.8) is 0 Å². The number of benzene rings is 2. The molecule has 0 spiro atoms. The number of allylic oxidation sites excluding steroid dienone is 1. The topological polar surface area (TPSA) is 132 Å². The number of urea groups is 1. The van der Waals surface area contributed by atoms with Crippen molar-refractivity contribution in [2.45, 2.75) is 117 Å². The minimum absolute atomic E-state index is 0.156. The number of hydrogen-bond donors (Lipinski definition) is 4.